The zero-order chi connectivity index (χ0) is 50.7. The van der Waals surface area contributed by atoms with E-state index in [2.05, 4.69) is 290 Å². The van der Waals surface area contributed by atoms with Gasteiger partial charge >= 0.3 is 0 Å². The van der Waals surface area contributed by atoms with Gasteiger partial charge < -0.3 is 14.4 Å². The maximum absolute atomic E-state index is 6.66. The molecule has 0 radical (unpaired) electrons. The maximum atomic E-state index is 6.66. The molecule has 0 atom stereocenters. The van der Waals surface area contributed by atoms with Gasteiger partial charge in [-0.15, -0.1) is 0 Å². The predicted octanol–water partition coefficient (Wildman–Crippen LogP) is 19.1. The van der Waals surface area contributed by atoms with Gasteiger partial charge in [-0.25, -0.2) is 0 Å². The molecule has 360 valence electrons. The molecule has 2 heterocycles. The highest BCUT2D eigenvalue weighted by Gasteiger charge is 2.52. The molecule has 0 N–H and O–H groups in total. The van der Waals surface area contributed by atoms with Crippen LogP contribution in [0.5, 0.6) is 23.0 Å². The van der Waals surface area contributed by atoms with Gasteiger partial charge in [-0.3, -0.25) is 0 Å². The summed E-state index contributed by atoms with van der Waals surface area (Å²) >= 11 is 0. The fourth-order valence-electron chi connectivity index (χ4n) is 13.7. The van der Waals surface area contributed by atoms with E-state index < -0.39 is 10.8 Å². The Labute approximate surface area is 448 Å². The molecular formula is C74H47NO2. The van der Waals surface area contributed by atoms with E-state index in [1.807, 2.05) is 0 Å². The molecule has 2 spiro atoms. The Hall–Kier alpha value is -9.96. The molecule has 2 aliphatic carbocycles. The Balaban J connectivity index is 0.851. The lowest BCUT2D eigenvalue weighted by Crippen LogP contribution is -2.32. The third-order valence-corrected chi connectivity index (χ3v) is 16.8. The minimum Gasteiger partial charge on any atom is -0.457 e. The van der Waals surface area contributed by atoms with Crippen molar-refractivity contribution in [1.82, 2.24) is 0 Å². The lowest BCUT2D eigenvalue weighted by molar-refractivity contribution is 0.436. The number of fused-ring (bicyclic) bond motifs is 18. The second-order valence-electron chi connectivity index (χ2n) is 20.6. The van der Waals surface area contributed by atoms with Gasteiger partial charge in [-0.05, 0) is 139 Å². The summed E-state index contributed by atoms with van der Waals surface area (Å²) in [4.78, 5) is 2.43. The molecule has 0 saturated heterocycles. The SMILES string of the molecule is c1ccc(-c2cccc(N(c3ccc(-c4ccc5c(c4)C4(c6ccccc6Oc6ccccc64)c4ccccc4-5)cc3)c3ccccc3-c3ccc4c(c3)-c3ccccc3C43c4ccccc4Oc4ccccc43)c2)cc1. The van der Waals surface area contributed by atoms with Crippen LogP contribution in [0.1, 0.15) is 44.5 Å². The van der Waals surface area contributed by atoms with Crippen LogP contribution in [0.4, 0.5) is 17.1 Å². The normalized spacial score (nSPS) is 13.9. The molecule has 0 unspecified atom stereocenters. The van der Waals surface area contributed by atoms with Gasteiger partial charge in [0.15, 0.2) is 0 Å². The first-order valence-electron chi connectivity index (χ1n) is 26.6. The van der Waals surface area contributed by atoms with Gasteiger partial charge in [0.25, 0.3) is 0 Å². The second kappa shape index (κ2) is 16.8. The van der Waals surface area contributed by atoms with E-state index in [9.17, 15) is 0 Å². The second-order valence-corrected chi connectivity index (χ2v) is 20.6. The predicted molar refractivity (Wildman–Crippen MR) is 312 cm³/mol. The number of hydrogen-bond donors (Lipinski definition) is 0. The lowest BCUT2D eigenvalue weighted by Gasteiger charge is -2.39. The van der Waals surface area contributed by atoms with E-state index in [-0.39, 0.29) is 0 Å². The minimum atomic E-state index is -0.544. The Bertz CT molecular complexity index is 4270. The summed E-state index contributed by atoms with van der Waals surface area (Å²) in [6, 6.07) is 104. The Morgan fingerprint density at radius 2 is 0.636 bits per heavy atom. The molecule has 4 aliphatic rings. The Morgan fingerprint density at radius 1 is 0.221 bits per heavy atom. The zero-order valence-corrected chi connectivity index (χ0v) is 41.9. The fourth-order valence-corrected chi connectivity index (χ4v) is 13.7. The average Bonchev–Trinajstić information content (AvgIpc) is 4.21. The topological polar surface area (TPSA) is 21.7 Å². The lowest BCUT2D eigenvalue weighted by atomic mass is 9.66. The molecule has 0 aromatic heterocycles. The van der Waals surface area contributed by atoms with Crippen molar-refractivity contribution in [3.05, 3.63) is 330 Å². The van der Waals surface area contributed by atoms with Gasteiger partial charge in [0.05, 0.1) is 16.5 Å². The van der Waals surface area contributed by atoms with Crippen LogP contribution in [0.2, 0.25) is 0 Å². The Morgan fingerprint density at radius 3 is 1.25 bits per heavy atom. The summed E-state index contributed by atoms with van der Waals surface area (Å²) < 4.78 is 13.3. The number of benzene rings is 12. The molecule has 0 amide bonds. The van der Waals surface area contributed by atoms with Crippen molar-refractivity contribution in [3.63, 3.8) is 0 Å². The summed E-state index contributed by atoms with van der Waals surface area (Å²) in [6.45, 7) is 0. The van der Waals surface area contributed by atoms with Crippen LogP contribution in [-0.2, 0) is 10.8 Å². The van der Waals surface area contributed by atoms with Crippen molar-refractivity contribution in [2.24, 2.45) is 0 Å². The molecular weight excluding hydrogens is 935 g/mol. The van der Waals surface area contributed by atoms with Crippen molar-refractivity contribution in [3.8, 4) is 78.6 Å². The zero-order valence-electron chi connectivity index (χ0n) is 41.9. The first-order valence-corrected chi connectivity index (χ1v) is 26.6. The highest BCUT2D eigenvalue weighted by Crippen LogP contribution is 2.64. The molecule has 0 fully saturated rings. The van der Waals surface area contributed by atoms with Gasteiger partial charge in [0, 0.05) is 39.2 Å². The molecule has 12 aromatic carbocycles. The largest absolute Gasteiger partial charge is 0.457 e. The van der Waals surface area contributed by atoms with Crippen molar-refractivity contribution < 1.29 is 9.47 Å². The van der Waals surface area contributed by atoms with E-state index >= 15 is 0 Å². The van der Waals surface area contributed by atoms with E-state index in [0.29, 0.717) is 0 Å². The van der Waals surface area contributed by atoms with E-state index in [1.54, 1.807) is 0 Å². The number of hydrogen-bond acceptors (Lipinski definition) is 3. The van der Waals surface area contributed by atoms with E-state index in [4.69, 9.17) is 9.47 Å². The summed E-state index contributed by atoms with van der Waals surface area (Å²) in [5.74, 6) is 3.57. The molecule has 77 heavy (non-hydrogen) atoms. The first kappa shape index (κ1) is 43.4. The summed E-state index contributed by atoms with van der Waals surface area (Å²) in [5, 5.41) is 0. The Kier molecular flexibility index (Phi) is 9.47. The summed E-state index contributed by atoms with van der Waals surface area (Å²) in [5.41, 5.74) is 23.8. The van der Waals surface area contributed by atoms with Crippen LogP contribution < -0.4 is 14.4 Å². The summed E-state index contributed by atoms with van der Waals surface area (Å²) in [6.07, 6.45) is 0. The number of para-hydroxylation sites is 5. The van der Waals surface area contributed by atoms with Crippen molar-refractivity contribution in [2.75, 3.05) is 4.90 Å². The maximum Gasteiger partial charge on any atom is 0.132 e. The summed E-state index contributed by atoms with van der Waals surface area (Å²) in [7, 11) is 0. The van der Waals surface area contributed by atoms with Crippen LogP contribution in [-0.4, -0.2) is 0 Å². The van der Waals surface area contributed by atoms with E-state index in [1.165, 1.54) is 50.1 Å². The molecule has 16 rings (SSSR count). The highest BCUT2D eigenvalue weighted by molar-refractivity contribution is 5.95. The first-order chi connectivity index (χ1) is 38.2. The van der Waals surface area contributed by atoms with Crippen LogP contribution >= 0.6 is 0 Å². The van der Waals surface area contributed by atoms with Crippen molar-refractivity contribution in [1.29, 1.82) is 0 Å². The quantitative estimate of drug-likeness (QED) is 0.166. The van der Waals surface area contributed by atoms with Crippen molar-refractivity contribution >= 4 is 17.1 Å². The standard InChI is InChI=1S/C74H47NO2/c1-2-19-48(20-3-1)50-21-18-22-54(45-50)75(53-41-37-49(38-42-53)51-39-43-58-56-24-4-7-26-60(56)74(67(58)47-51)65-30-11-16-35-71(65)77-72-36-17-12-31-66(72)74)68-32-13-6-23-55(68)52-40-44-62-59(46-52)57-25-5-8-27-61(57)73(62)63-28-9-14-33-69(63)76-70-34-15-10-29-64(70)73/h1-47H. The van der Waals surface area contributed by atoms with Crippen LogP contribution in [0.25, 0.3) is 55.6 Å². The van der Waals surface area contributed by atoms with Crippen LogP contribution in [0.3, 0.4) is 0 Å². The average molecular weight is 982 g/mol. The number of anilines is 3. The highest BCUT2D eigenvalue weighted by atomic mass is 16.5. The monoisotopic (exact) mass is 981 g/mol. The van der Waals surface area contributed by atoms with Gasteiger partial charge in [-0.1, -0.05) is 218 Å². The third-order valence-electron chi connectivity index (χ3n) is 16.8. The van der Waals surface area contributed by atoms with E-state index in [0.717, 1.165) is 90.1 Å². The van der Waals surface area contributed by atoms with Gasteiger partial charge in [0.2, 0.25) is 0 Å². The molecule has 3 nitrogen and oxygen atoms in total. The van der Waals surface area contributed by atoms with Gasteiger partial charge in [-0.2, -0.15) is 0 Å². The molecule has 0 saturated carbocycles. The van der Waals surface area contributed by atoms with Gasteiger partial charge in [0.1, 0.15) is 23.0 Å². The fraction of sp³-hybridized carbons (Fsp3) is 0.0270. The number of rotatable bonds is 6. The minimum absolute atomic E-state index is 0.537. The number of ether oxygens (including phenoxy) is 2. The third kappa shape index (κ3) is 6.20. The molecule has 12 aromatic rings. The van der Waals surface area contributed by atoms with Crippen molar-refractivity contribution in [2.45, 2.75) is 10.8 Å². The molecule has 0 bridgehead atoms. The molecule has 2 aliphatic heterocycles. The number of nitrogens with zero attached hydrogens (tertiary/aromatic N) is 1. The molecule has 3 heteroatoms. The van der Waals surface area contributed by atoms with Crippen LogP contribution in [0, 0.1) is 0 Å². The smallest absolute Gasteiger partial charge is 0.132 e. The van der Waals surface area contributed by atoms with Crippen LogP contribution in [0.15, 0.2) is 285 Å².